The third-order valence-electron chi connectivity index (χ3n) is 3.30. The molecule has 0 aliphatic carbocycles. The summed E-state index contributed by atoms with van der Waals surface area (Å²) in [6.45, 7) is 1.08. The number of thioether (sulfide) groups is 1. The number of hydrogen-bond acceptors (Lipinski definition) is 4. The van der Waals surface area contributed by atoms with Gasteiger partial charge < -0.3 is 14.6 Å². The number of nitrogens with zero attached hydrogens (tertiary/aromatic N) is 3. The Hall–Kier alpha value is -1.50. The first-order chi connectivity index (χ1) is 9.08. The van der Waals surface area contributed by atoms with Gasteiger partial charge in [0.2, 0.25) is 5.91 Å². The van der Waals surface area contributed by atoms with Crippen molar-refractivity contribution in [1.82, 2.24) is 14.5 Å². The van der Waals surface area contributed by atoms with E-state index in [1.807, 2.05) is 17.8 Å². The molecular weight excluding hydrogens is 266 g/mol. The summed E-state index contributed by atoms with van der Waals surface area (Å²) in [7, 11) is 1.89. The maximum atomic E-state index is 12.0. The molecule has 1 fully saturated rings. The van der Waals surface area contributed by atoms with E-state index >= 15 is 0 Å². The second kappa shape index (κ2) is 6.10. The molecule has 104 valence electrons. The van der Waals surface area contributed by atoms with E-state index in [0.717, 1.165) is 5.16 Å². The van der Waals surface area contributed by atoms with Crippen molar-refractivity contribution in [1.29, 1.82) is 0 Å². The molecule has 1 N–H and O–H groups in total. The summed E-state index contributed by atoms with van der Waals surface area (Å²) in [6.07, 6.45) is 4.64. The monoisotopic (exact) mass is 283 g/mol. The molecule has 1 aromatic rings. The predicted octanol–water partition coefficient (Wildman–Crippen LogP) is 0.835. The SMILES string of the molecule is Cn1ccnc1SCC(=O)N1CCC(C(=O)O)CC1. The molecule has 1 amide bonds. The highest BCUT2D eigenvalue weighted by atomic mass is 32.2. The van der Waals surface area contributed by atoms with E-state index < -0.39 is 5.97 Å². The molecule has 7 heteroatoms. The van der Waals surface area contributed by atoms with E-state index in [2.05, 4.69) is 4.98 Å². The van der Waals surface area contributed by atoms with Crippen LogP contribution in [-0.2, 0) is 16.6 Å². The van der Waals surface area contributed by atoms with Crippen molar-refractivity contribution in [3.05, 3.63) is 12.4 Å². The molecule has 0 saturated carbocycles. The first-order valence-corrected chi connectivity index (χ1v) is 7.17. The Bertz CT molecular complexity index is 467. The number of amides is 1. The van der Waals surface area contributed by atoms with Gasteiger partial charge in [-0.25, -0.2) is 4.98 Å². The smallest absolute Gasteiger partial charge is 0.306 e. The molecule has 1 aliphatic heterocycles. The lowest BCUT2D eigenvalue weighted by Gasteiger charge is -2.30. The zero-order valence-corrected chi connectivity index (χ0v) is 11.6. The molecule has 0 aromatic carbocycles. The fraction of sp³-hybridized carbons (Fsp3) is 0.583. The standard InChI is InChI=1S/C12H17N3O3S/c1-14-7-4-13-12(14)19-8-10(16)15-5-2-9(3-6-15)11(17)18/h4,7,9H,2-3,5-6,8H2,1H3,(H,17,18). The fourth-order valence-corrected chi connectivity index (χ4v) is 2.92. The number of rotatable bonds is 4. The van der Waals surface area contributed by atoms with Crippen molar-refractivity contribution < 1.29 is 14.7 Å². The average Bonchev–Trinajstić information content (AvgIpc) is 2.81. The molecule has 19 heavy (non-hydrogen) atoms. The normalized spacial score (nSPS) is 16.6. The van der Waals surface area contributed by atoms with E-state index in [4.69, 9.17) is 5.11 Å². The Kier molecular flexibility index (Phi) is 4.47. The van der Waals surface area contributed by atoms with Crippen molar-refractivity contribution in [2.75, 3.05) is 18.8 Å². The minimum atomic E-state index is -0.755. The third-order valence-corrected chi connectivity index (χ3v) is 4.34. The third kappa shape index (κ3) is 3.50. The highest BCUT2D eigenvalue weighted by Gasteiger charge is 2.26. The second-order valence-corrected chi connectivity index (χ2v) is 5.55. The first-order valence-electron chi connectivity index (χ1n) is 6.18. The Labute approximate surface area is 115 Å². The number of carboxylic acid groups (broad SMARTS) is 1. The summed E-state index contributed by atoms with van der Waals surface area (Å²) in [6, 6.07) is 0. The molecule has 2 heterocycles. The van der Waals surface area contributed by atoms with E-state index in [1.165, 1.54) is 11.8 Å². The van der Waals surface area contributed by atoms with Gasteiger partial charge in [-0.3, -0.25) is 9.59 Å². The summed E-state index contributed by atoms with van der Waals surface area (Å²) in [4.78, 5) is 28.7. The molecule has 2 rings (SSSR count). The number of aliphatic carboxylic acids is 1. The largest absolute Gasteiger partial charge is 0.481 e. The molecule has 1 aromatic heterocycles. The van der Waals surface area contributed by atoms with Crippen LogP contribution in [0.15, 0.2) is 17.6 Å². The van der Waals surface area contributed by atoms with Crippen molar-refractivity contribution in [2.24, 2.45) is 13.0 Å². The second-order valence-electron chi connectivity index (χ2n) is 4.60. The highest BCUT2D eigenvalue weighted by Crippen LogP contribution is 2.20. The van der Waals surface area contributed by atoms with Gasteiger partial charge in [0, 0.05) is 32.5 Å². The van der Waals surface area contributed by atoms with Crippen LogP contribution in [0, 0.1) is 5.92 Å². The van der Waals surface area contributed by atoms with Crippen molar-refractivity contribution in [3.8, 4) is 0 Å². The number of carbonyl (C=O) groups excluding carboxylic acids is 1. The van der Waals surface area contributed by atoms with Crippen LogP contribution in [0.2, 0.25) is 0 Å². The van der Waals surface area contributed by atoms with Gasteiger partial charge in [0.05, 0.1) is 11.7 Å². The van der Waals surface area contributed by atoms with Gasteiger partial charge in [-0.1, -0.05) is 11.8 Å². The lowest BCUT2D eigenvalue weighted by molar-refractivity contribution is -0.145. The van der Waals surface area contributed by atoms with Crippen molar-refractivity contribution >= 4 is 23.6 Å². The quantitative estimate of drug-likeness (QED) is 0.829. The van der Waals surface area contributed by atoms with Crippen LogP contribution >= 0.6 is 11.8 Å². The van der Waals surface area contributed by atoms with Gasteiger partial charge in [0.25, 0.3) is 0 Å². The van der Waals surface area contributed by atoms with Crippen LogP contribution in [0.4, 0.5) is 0 Å². The van der Waals surface area contributed by atoms with Gasteiger partial charge in [-0.2, -0.15) is 0 Å². The van der Waals surface area contributed by atoms with Gasteiger partial charge in [-0.05, 0) is 12.8 Å². The number of imidazole rings is 1. The molecule has 0 atom stereocenters. The molecule has 1 aliphatic rings. The lowest BCUT2D eigenvalue weighted by atomic mass is 9.97. The molecule has 0 bridgehead atoms. The lowest BCUT2D eigenvalue weighted by Crippen LogP contribution is -2.41. The number of hydrogen-bond donors (Lipinski definition) is 1. The molecule has 1 saturated heterocycles. The highest BCUT2D eigenvalue weighted by molar-refractivity contribution is 7.99. The van der Waals surface area contributed by atoms with Crippen LogP contribution in [0.3, 0.4) is 0 Å². The maximum Gasteiger partial charge on any atom is 0.306 e. The van der Waals surface area contributed by atoms with Crippen molar-refractivity contribution in [2.45, 2.75) is 18.0 Å². The van der Waals surface area contributed by atoms with E-state index in [0.29, 0.717) is 31.7 Å². The molecule has 0 radical (unpaired) electrons. The van der Waals surface area contributed by atoms with Crippen LogP contribution in [0.5, 0.6) is 0 Å². The summed E-state index contributed by atoms with van der Waals surface area (Å²) in [5.74, 6) is -0.652. The first kappa shape index (κ1) is 13.9. The van der Waals surface area contributed by atoms with E-state index in [1.54, 1.807) is 11.1 Å². The molecule has 6 nitrogen and oxygen atoms in total. The number of likely N-dealkylation sites (tertiary alicyclic amines) is 1. The molecule has 0 spiro atoms. The molecular formula is C12H17N3O3S. The summed E-state index contributed by atoms with van der Waals surface area (Å²) < 4.78 is 1.87. The summed E-state index contributed by atoms with van der Waals surface area (Å²) in [5, 5.41) is 9.72. The number of carbonyl (C=O) groups is 2. The van der Waals surface area contributed by atoms with Gasteiger partial charge in [0.15, 0.2) is 5.16 Å². The maximum absolute atomic E-state index is 12.0. The number of aryl methyl sites for hydroxylation is 1. The van der Waals surface area contributed by atoms with Gasteiger partial charge >= 0.3 is 5.97 Å². The zero-order valence-electron chi connectivity index (χ0n) is 10.8. The van der Waals surface area contributed by atoms with Crippen LogP contribution < -0.4 is 0 Å². The Balaban J connectivity index is 1.79. The van der Waals surface area contributed by atoms with Crippen LogP contribution in [-0.4, -0.2) is 50.3 Å². The number of aromatic nitrogens is 2. The molecule has 0 unspecified atom stereocenters. The Morgan fingerprint density at radius 1 is 1.47 bits per heavy atom. The zero-order chi connectivity index (χ0) is 13.8. The van der Waals surface area contributed by atoms with Gasteiger partial charge in [-0.15, -0.1) is 0 Å². The summed E-state index contributed by atoms with van der Waals surface area (Å²) >= 11 is 1.41. The average molecular weight is 283 g/mol. The number of piperidine rings is 1. The number of carboxylic acids is 1. The van der Waals surface area contributed by atoms with Crippen LogP contribution in [0.1, 0.15) is 12.8 Å². The van der Waals surface area contributed by atoms with Gasteiger partial charge in [0.1, 0.15) is 0 Å². The minimum Gasteiger partial charge on any atom is -0.481 e. The fourth-order valence-electron chi connectivity index (χ4n) is 2.08. The minimum absolute atomic E-state index is 0.0526. The van der Waals surface area contributed by atoms with E-state index in [-0.39, 0.29) is 11.8 Å². The topological polar surface area (TPSA) is 75.4 Å². The predicted molar refractivity (Wildman–Crippen MR) is 70.9 cm³/mol. The Morgan fingerprint density at radius 2 is 2.16 bits per heavy atom. The van der Waals surface area contributed by atoms with Crippen molar-refractivity contribution in [3.63, 3.8) is 0 Å². The van der Waals surface area contributed by atoms with E-state index in [9.17, 15) is 9.59 Å². The van der Waals surface area contributed by atoms with Crippen LogP contribution in [0.25, 0.3) is 0 Å². The Morgan fingerprint density at radius 3 is 2.68 bits per heavy atom. The summed E-state index contributed by atoms with van der Waals surface area (Å²) in [5.41, 5.74) is 0.